The van der Waals surface area contributed by atoms with E-state index in [1.165, 1.54) is 24.3 Å². The van der Waals surface area contributed by atoms with Crippen LogP contribution in [0.15, 0.2) is 48.5 Å². The molecule has 130 valence electrons. The molecule has 1 atom stereocenters. The molecule has 2 amide bonds. The van der Waals surface area contributed by atoms with Crippen molar-refractivity contribution in [3.05, 3.63) is 54.1 Å². The summed E-state index contributed by atoms with van der Waals surface area (Å²) in [6.07, 6.45) is -0.00754. The summed E-state index contributed by atoms with van der Waals surface area (Å²) in [5, 5.41) is 14.4. The zero-order chi connectivity index (χ0) is 18.3. The fraction of sp³-hybridized carbons (Fsp3) is 0.111. The lowest BCUT2D eigenvalue weighted by atomic mass is 10.1. The third kappa shape index (κ3) is 2.67. The summed E-state index contributed by atoms with van der Waals surface area (Å²) < 4.78 is 1.71. The van der Waals surface area contributed by atoms with Gasteiger partial charge in [0, 0.05) is 5.69 Å². The van der Waals surface area contributed by atoms with Gasteiger partial charge in [0.1, 0.15) is 6.04 Å². The zero-order valence-electron chi connectivity index (χ0n) is 13.5. The Labute approximate surface area is 147 Å². The van der Waals surface area contributed by atoms with E-state index in [0.717, 1.165) is 5.52 Å². The number of amides is 2. The highest BCUT2D eigenvalue weighted by atomic mass is 16.4. The number of nitrogens with one attached hydrogen (secondary N) is 2. The fourth-order valence-electron chi connectivity index (χ4n) is 3.02. The van der Waals surface area contributed by atoms with Gasteiger partial charge >= 0.3 is 5.97 Å². The maximum absolute atomic E-state index is 12.8. The van der Waals surface area contributed by atoms with Gasteiger partial charge in [-0.3, -0.25) is 19.5 Å². The SMILES string of the molecule is O=C1C[C@@H](C(=O)Nc2ccc(C(=O)O)cc2)n2c(nc3ccccc32)N1. The van der Waals surface area contributed by atoms with Crippen molar-refractivity contribution in [2.75, 3.05) is 10.6 Å². The lowest BCUT2D eigenvalue weighted by Gasteiger charge is -2.25. The van der Waals surface area contributed by atoms with Crippen molar-refractivity contribution in [2.45, 2.75) is 12.5 Å². The Morgan fingerprint density at radius 2 is 1.88 bits per heavy atom. The largest absolute Gasteiger partial charge is 0.478 e. The molecule has 0 bridgehead atoms. The molecule has 8 nitrogen and oxygen atoms in total. The Hall–Kier alpha value is -3.68. The molecule has 0 saturated heterocycles. The number of benzene rings is 2. The van der Waals surface area contributed by atoms with E-state index in [0.29, 0.717) is 17.2 Å². The highest BCUT2D eigenvalue weighted by molar-refractivity contribution is 6.03. The van der Waals surface area contributed by atoms with Crippen LogP contribution in [0.1, 0.15) is 22.8 Å². The first-order valence-corrected chi connectivity index (χ1v) is 7.94. The van der Waals surface area contributed by atoms with E-state index in [4.69, 9.17) is 5.11 Å². The van der Waals surface area contributed by atoms with E-state index >= 15 is 0 Å². The van der Waals surface area contributed by atoms with Crippen LogP contribution in [-0.2, 0) is 9.59 Å². The molecular weight excluding hydrogens is 336 g/mol. The molecule has 4 rings (SSSR count). The number of aromatic nitrogens is 2. The summed E-state index contributed by atoms with van der Waals surface area (Å²) in [7, 11) is 0. The first-order chi connectivity index (χ1) is 12.5. The molecule has 2 aromatic carbocycles. The first-order valence-electron chi connectivity index (χ1n) is 7.94. The summed E-state index contributed by atoms with van der Waals surface area (Å²) >= 11 is 0. The monoisotopic (exact) mass is 350 g/mol. The van der Waals surface area contributed by atoms with Crippen LogP contribution in [0.5, 0.6) is 0 Å². The number of anilines is 2. The average molecular weight is 350 g/mol. The maximum Gasteiger partial charge on any atom is 0.335 e. The minimum absolute atomic E-state index is 0.00754. The van der Waals surface area contributed by atoms with E-state index in [1.807, 2.05) is 24.3 Å². The van der Waals surface area contributed by atoms with E-state index in [1.54, 1.807) is 4.57 Å². The summed E-state index contributed by atoms with van der Waals surface area (Å²) in [5.74, 6) is -1.35. The Kier molecular flexibility index (Phi) is 3.65. The number of fused-ring (bicyclic) bond motifs is 3. The molecule has 0 radical (unpaired) electrons. The number of imidazole rings is 1. The Morgan fingerprint density at radius 1 is 1.15 bits per heavy atom. The number of nitrogens with zero attached hydrogens (tertiary/aromatic N) is 2. The standard InChI is InChI=1S/C18H14N4O4/c23-15-9-14(16(24)19-11-7-5-10(6-8-11)17(25)26)22-13-4-2-1-3-12(13)20-18(22)21-15/h1-8,14H,9H2,(H,19,24)(H,25,26)(H,20,21,23)/t14-/m0/s1. The summed E-state index contributed by atoms with van der Waals surface area (Å²) in [6.45, 7) is 0. The second-order valence-corrected chi connectivity index (χ2v) is 5.93. The molecule has 3 aromatic rings. The minimum atomic E-state index is -1.04. The van der Waals surface area contributed by atoms with Crippen molar-refractivity contribution in [3.63, 3.8) is 0 Å². The third-order valence-corrected chi connectivity index (χ3v) is 4.24. The van der Waals surface area contributed by atoms with Crippen LogP contribution in [0.4, 0.5) is 11.6 Å². The van der Waals surface area contributed by atoms with Crippen molar-refractivity contribution in [2.24, 2.45) is 0 Å². The van der Waals surface area contributed by atoms with Crippen LogP contribution >= 0.6 is 0 Å². The van der Waals surface area contributed by atoms with Gasteiger partial charge in [-0.05, 0) is 36.4 Å². The number of aromatic carboxylic acids is 1. The van der Waals surface area contributed by atoms with Crippen molar-refractivity contribution in [3.8, 4) is 0 Å². The van der Waals surface area contributed by atoms with Gasteiger partial charge in [0.15, 0.2) is 0 Å². The lowest BCUT2D eigenvalue weighted by molar-refractivity contribution is -0.124. The molecule has 0 saturated carbocycles. The number of carbonyl (C=O) groups is 3. The predicted octanol–water partition coefficient (Wildman–Crippen LogP) is 2.26. The topological polar surface area (TPSA) is 113 Å². The van der Waals surface area contributed by atoms with Crippen LogP contribution < -0.4 is 10.6 Å². The van der Waals surface area contributed by atoms with Crippen molar-refractivity contribution in [1.82, 2.24) is 9.55 Å². The van der Waals surface area contributed by atoms with Crippen LogP contribution in [-0.4, -0.2) is 32.4 Å². The first kappa shape index (κ1) is 15.8. The van der Waals surface area contributed by atoms with Crippen LogP contribution in [0.3, 0.4) is 0 Å². The van der Waals surface area contributed by atoms with Crippen molar-refractivity contribution >= 4 is 40.5 Å². The predicted molar refractivity (Wildman–Crippen MR) is 94.0 cm³/mol. The van der Waals surface area contributed by atoms with E-state index < -0.39 is 12.0 Å². The molecule has 1 aromatic heterocycles. The number of carboxylic acids is 1. The number of hydrogen-bond donors (Lipinski definition) is 3. The van der Waals surface area contributed by atoms with Crippen molar-refractivity contribution < 1.29 is 19.5 Å². The summed E-state index contributed by atoms with van der Waals surface area (Å²) in [6, 6.07) is 12.4. The number of carbonyl (C=O) groups excluding carboxylic acids is 2. The zero-order valence-corrected chi connectivity index (χ0v) is 13.5. The molecular formula is C18H14N4O4. The number of carboxylic acid groups (broad SMARTS) is 1. The van der Waals surface area contributed by atoms with E-state index in [2.05, 4.69) is 15.6 Å². The Balaban J connectivity index is 1.66. The highest BCUT2D eigenvalue weighted by Crippen LogP contribution is 2.31. The Bertz CT molecular complexity index is 1040. The quantitative estimate of drug-likeness (QED) is 0.670. The van der Waals surface area contributed by atoms with E-state index in [-0.39, 0.29) is 23.8 Å². The second kappa shape index (κ2) is 5.99. The molecule has 8 heteroatoms. The molecule has 26 heavy (non-hydrogen) atoms. The summed E-state index contributed by atoms with van der Waals surface area (Å²) in [4.78, 5) is 40.0. The Morgan fingerprint density at radius 3 is 2.62 bits per heavy atom. The molecule has 0 spiro atoms. The molecule has 1 aliphatic rings. The van der Waals surface area contributed by atoms with Gasteiger partial charge < -0.3 is 10.4 Å². The molecule has 0 unspecified atom stereocenters. The minimum Gasteiger partial charge on any atom is -0.478 e. The molecule has 3 N–H and O–H groups in total. The maximum atomic E-state index is 12.8. The van der Waals surface area contributed by atoms with Crippen LogP contribution in [0.2, 0.25) is 0 Å². The summed E-state index contributed by atoms with van der Waals surface area (Å²) in [5.41, 5.74) is 2.03. The number of rotatable bonds is 3. The smallest absolute Gasteiger partial charge is 0.335 e. The highest BCUT2D eigenvalue weighted by Gasteiger charge is 2.32. The molecule has 1 aliphatic heterocycles. The average Bonchev–Trinajstić information content (AvgIpc) is 2.99. The van der Waals surface area contributed by atoms with Crippen LogP contribution in [0, 0.1) is 0 Å². The number of hydrogen-bond acceptors (Lipinski definition) is 4. The fourth-order valence-corrected chi connectivity index (χ4v) is 3.02. The number of para-hydroxylation sites is 2. The third-order valence-electron chi connectivity index (χ3n) is 4.24. The van der Waals surface area contributed by atoms with Gasteiger partial charge in [0.2, 0.25) is 17.8 Å². The van der Waals surface area contributed by atoms with Gasteiger partial charge in [-0.2, -0.15) is 0 Å². The molecule has 0 fully saturated rings. The lowest BCUT2D eigenvalue weighted by Crippen LogP contribution is -2.35. The van der Waals surface area contributed by atoms with E-state index in [9.17, 15) is 14.4 Å². The molecule has 0 aliphatic carbocycles. The molecule has 2 heterocycles. The van der Waals surface area contributed by atoms with Crippen molar-refractivity contribution in [1.29, 1.82) is 0 Å². The van der Waals surface area contributed by atoms with Crippen LogP contribution in [0.25, 0.3) is 11.0 Å². The van der Waals surface area contributed by atoms with Gasteiger partial charge in [-0.15, -0.1) is 0 Å². The van der Waals surface area contributed by atoms with Gasteiger partial charge in [-0.1, -0.05) is 12.1 Å². The van der Waals surface area contributed by atoms with Gasteiger partial charge in [-0.25, -0.2) is 9.78 Å². The normalized spacial score (nSPS) is 16.0. The second-order valence-electron chi connectivity index (χ2n) is 5.93. The van der Waals surface area contributed by atoms with Gasteiger partial charge in [0.25, 0.3) is 0 Å². The van der Waals surface area contributed by atoms with Gasteiger partial charge in [0.05, 0.1) is 23.0 Å².